The van der Waals surface area contributed by atoms with Gasteiger partial charge in [-0.1, -0.05) is 12.1 Å². The largest absolute Gasteiger partial charge is 0.495 e. The zero-order chi connectivity index (χ0) is 21.5. The molecule has 0 N–H and O–H groups in total. The Hall–Kier alpha value is -2.97. The van der Waals surface area contributed by atoms with Crippen LogP contribution in [0.1, 0.15) is 17.5 Å². The molecule has 0 atom stereocenters. The van der Waals surface area contributed by atoms with Crippen LogP contribution in [0, 0.1) is 6.92 Å². The van der Waals surface area contributed by atoms with Crippen molar-refractivity contribution in [1.82, 2.24) is 9.55 Å². The molecule has 158 valence electrons. The number of ether oxygens (including phenoxy) is 1. The standard InChI is InChI=1S/C23H21N3O3S2/c1-14-7-8-17(29-2)21-15(14)5-3-9-26(21)19(27)11-25-13-24-22-20(23(25)28)16(12-31-22)18-6-4-10-30-18/h4,6-8,10,12-13H,3,5,9,11H2,1-2H3. The van der Waals surface area contributed by atoms with Crippen molar-refractivity contribution in [2.45, 2.75) is 26.3 Å². The number of anilines is 1. The number of thiophene rings is 2. The summed E-state index contributed by atoms with van der Waals surface area (Å²) < 4.78 is 6.98. The lowest BCUT2D eigenvalue weighted by atomic mass is 9.96. The molecule has 1 amide bonds. The van der Waals surface area contributed by atoms with Crippen molar-refractivity contribution in [1.29, 1.82) is 0 Å². The lowest BCUT2D eigenvalue weighted by molar-refractivity contribution is -0.119. The molecule has 0 radical (unpaired) electrons. The first-order valence-corrected chi connectivity index (χ1v) is 11.8. The Kier molecular flexibility index (Phi) is 5.11. The van der Waals surface area contributed by atoms with Crippen LogP contribution in [-0.4, -0.2) is 29.1 Å². The number of carbonyl (C=O) groups excluding carboxylic acids is 1. The highest BCUT2D eigenvalue weighted by molar-refractivity contribution is 7.18. The molecule has 4 heterocycles. The molecule has 6 nitrogen and oxygen atoms in total. The molecule has 0 saturated heterocycles. The van der Waals surface area contributed by atoms with Crippen LogP contribution in [-0.2, 0) is 17.8 Å². The van der Waals surface area contributed by atoms with E-state index in [1.54, 1.807) is 23.3 Å². The minimum atomic E-state index is -0.184. The molecular formula is C23H21N3O3S2. The average molecular weight is 452 g/mol. The minimum Gasteiger partial charge on any atom is -0.495 e. The molecule has 8 heteroatoms. The number of benzene rings is 1. The van der Waals surface area contributed by atoms with Gasteiger partial charge in [-0.3, -0.25) is 14.2 Å². The molecular weight excluding hydrogens is 430 g/mol. The number of carbonyl (C=O) groups is 1. The van der Waals surface area contributed by atoms with Gasteiger partial charge < -0.3 is 9.64 Å². The highest BCUT2D eigenvalue weighted by atomic mass is 32.1. The molecule has 1 aliphatic rings. The number of rotatable bonds is 4. The quantitative estimate of drug-likeness (QED) is 0.459. The first kappa shape index (κ1) is 20.0. The zero-order valence-corrected chi connectivity index (χ0v) is 18.9. The number of methoxy groups -OCH3 is 1. The molecule has 1 aromatic carbocycles. The monoisotopic (exact) mass is 451 g/mol. The Morgan fingerprint density at radius 2 is 2.13 bits per heavy atom. The van der Waals surface area contributed by atoms with Gasteiger partial charge in [-0.2, -0.15) is 0 Å². The van der Waals surface area contributed by atoms with Gasteiger partial charge in [-0.05, 0) is 48.4 Å². The van der Waals surface area contributed by atoms with E-state index in [4.69, 9.17) is 4.74 Å². The van der Waals surface area contributed by atoms with E-state index in [0.29, 0.717) is 22.5 Å². The Labute approximate surface area is 187 Å². The summed E-state index contributed by atoms with van der Waals surface area (Å²) in [6, 6.07) is 7.88. The van der Waals surface area contributed by atoms with Gasteiger partial charge in [0.05, 0.1) is 24.5 Å². The number of nitrogens with zero attached hydrogens (tertiary/aromatic N) is 3. The van der Waals surface area contributed by atoms with Crippen LogP contribution in [0.25, 0.3) is 20.7 Å². The van der Waals surface area contributed by atoms with Crippen molar-refractivity contribution in [3.63, 3.8) is 0 Å². The summed E-state index contributed by atoms with van der Waals surface area (Å²) in [6.07, 6.45) is 3.27. The van der Waals surface area contributed by atoms with Crippen LogP contribution < -0.4 is 15.2 Å². The average Bonchev–Trinajstić information content (AvgIpc) is 3.45. The highest BCUT2D eigenvalue weighted by Crippen LogP contribution is 2.38. The summed E-state index contributed by atoms with van der Waals surface area (Å²) in [5, 5.41) is 4.53. The molecule has 0 unspecified atom stereocenters. The van der Waals surface area contributed by atoms with Crippen molar-refractivity contribution < 1.29 is 9.53 Å². The van der Waals surface area contributed by atoms with Gasteiger partial charge >= 0.3 is 0 Å². The van der Waals surface area contributed by atoms with Gasteiger partial charge in [0.15, 0.2) is 0 Å². The maximum Gasteiger partial charge on any atom is 0.263 e. The van der Waals surface area contributed by atoms with Gasteiger partial charge in [0, 0.05) is 22.4 Å². The van der Waals surface area contributed by atoms with Crippen LogP contribution in [0.5, 0.6) is 5.75 Å². The van der Waals surface area contributed by atoms with Crippen molar-refractivity contribution in [2.75, 3.05) is 18.6 Å². The molecule has 4 aromatic rings. The second-order valence-electron chi connectivity index (χ2n) is 7.55. The normalized spacial score (nSPS) is 13.4. The van der Waals surface area contributed by atoms with Gasteiger partial charge in [-0.15, -0.1) is 22.7 Å². The number of amides is 1. The van der Waals surface area contributed by atoms with Gasteiger partial charge in [-0.25, -0.2) is 4.98 Å². The number of hydrogen-bond acceptors (Lipinski definition) is 6. The summed E-state index contributed by atoms with van der Waals surface area (Å²) in [4.78, 5) is 34.6. The van der Waals surface area contributed by atoms with Crippen LogP contribution in [0.3, 0.4) is 0 Å². The smallest absolute Gasteiger partial charge is 0.263 e. The van der Waals surface area contributed by atoms with Crippen LogP contribution in [0.15, 0.2) is 46.1 Å². The van der Waals surface area contributed by atoms with E-state index in [1.807, 2.05) is 35.0 Å². The van der Waals surface area contributed by atoms with E-state index < -0.39 is 0 Å². The van der Waals surface area contributed by atoms with Crippen LogP contribution in [0.2, 0.25) is 0 Å². The molecule has 5 rings (SSSR count). The molecule has 1 aliphatic heterocycles. The van der Waals surface area contributed by atoms with E-state index in [9.17, 15) is 9.59 Å². The lowest BCUT2D eigenvalue weighted by Crippen LogP contribution is -2.40. The third-order valence-corrected chi connectivity index (χ3v) is 7.52. The number of aromatic nitrogens is 2. The minimum absolute atomic E-state index is 0.0575. The third kappa shape index (κ3) is 3.36. The Morgan fingerprint density at radius 3 is 2.90 bits per heavy atom. The zero-order valence-electron chi connectivity index (χ0n) is 17.3. The maximum absolute atomic E-state index is 13.3. The van der Waals surface area contributed by atoms with Gasteiger partial charge in [0.1, 0.15) is 17.1 Å². The van der Waals surface area contributed by atoms with Gasteiger partial charge in [0.2, 0.25) is 5.91 Å². The molecule has 0 fully saturated rings. The van der Waals surface area contributed by atoms with E-state index in [1.165, 1.54) is 22.2 Å². The first-order chi connectivity index (χ1) is 15.1. The molecule has 0 saturated carbocycles. The second kappa shape index (κ2) is 7.94. The third-order valence-electron chi connectivity index (χ3n) is 5.73. The SMILES string of the molecule is COc1ccc(C)c2c1N(C(=O)Cn1cnc3scc(-c4cccs4)c3c1=O)CCC2. The second-order valence-corrected chi connectivity index (χ2v) is 9.35. The van der Waals surface area contributed by atoms with E-state index in [-0.39, 0.29) is 18.0 Å². The van der Waals surface area contributed by atoms with Crippen molar-refractivity contribution >= 4 is 44.5 Å². The van der Waals surface area contributed by atoms with Crippen molar-refractivity contribution in [2.24, 2.45) is 0 Å². The lowest BCUT2D eigenvalue weighted by Gasteiger charge is -2.32. The number of aryl methyl sites for hydroxylation is 1. The Bertz CT molecular complexity index is 1340. The number of fused-ring (bicyclic) bond motifs is 2. The molecule has 3 aromatic heterocycles. The van der Waals surface area contributed by atoms with E-state index in [0.717, 1.165) is 40.1 Å². The summed E-state index contributed by atoms with van der Waals surface area (Å²) in [5.41, 5.74) is 3.81. The van der Waals surface area contributed by atoms with Crippen LogP contribution >= 0.6 is 22.7 Å². The number of hydrogen-bond donors (Lipinski definition) is 0. The van der Waals surface area contributed by atoms with Crippen molar-refractivity contribution in [3.05, 3.63) is 62.8 Å². The van der Waals surface area contributed by atoms with Crippen molar-refractivity contribution in [3.8, 4) is 16.2 Å². The maximum atomic E-state index is 13.3. The molecule has 0 aliphatic carbocycles. The van der Waals surface area contributed by atoms with Crippen LogP contribution in [0.4, 0.5) is 5.69 Å². The summed E-state index contributed by atoms with van der Waals surface area (Å²) in [7, 11) is 1.62. The summed E-state index contributed by atoms with van der Waals surface area (Å²) >= 11 is 3.04. The molecule has 31 heavy (non-hydrogen) atoms. The topological polar surface area (TPSA) is 64.4 Å². The fourth-order valence-corrected chi connectivity index (χ4v) is 5.91. The predicted molar refractivity (Wildman–Crippen MR) is 126 cm³/mol. The Morgan fingerprint density at radius 1 is 1.26 bits per heavy atom. The molecule has 0 spiro atoms. The highest BCUT2D eigenvalue weighted by Gasteiger charge is 2.28. The van der Waals surface area contributed by atoms with E-state index >= 15 is 0 Å². The summed E-state index contributed by atoms with van der Waals surface area (Å²) in [6.45, 7) is 2.60. The fraction of sp³-hybridized carbons (Fsp3) is 0.261. The fourth-order valence-electron chi connectivity index (χ4n) is 4.19. The van der Waals surface area contributed by atoms with E-state index in [2.05, 4.69) is 11.9 Å². The molecule has 0 bridgehead atoms. The predicted octanol–water partition coefficient (Wildman–Crippen LogP) is 4.48. The van der Waals surface area contributed by atoms with Gasteiger partial charge in [0.25, 0.3) is 5.56 Å². The summed E-state index contributed by atoms with van der Waals surface area (Å²) in [5.74, 6) is 0.549. The first-order valence-electron chi connectivity index (χ1n) is 10.1. The Balaban J connectivity index is 1.53.